The van der Waals surface area contributed by atoms with Crippen molar-refractivity contribution in [3.05, 3.63) is 59.1 Å². The number of anilines is 1. The lowest BCUT2D eigenvalue weighted by Crippen LogP contribution is -2.44. The Morgan fingerprint density at radius 1 is 1.11 bits per heavy atom. The molecule has 1 N–H and O–H groups in total. The Morgan fingerprint density at radius 2 is 1.95 bits per heavy atom. The Bertz CT molecular complexity index is 1430. The van der Waals surface area contributed by atoms with Gasteiger partial charge in [0.15, 0.2) is 17.0 Å². The fraction of sp³-hybridized carbons (Fsp3) is 0.429. The first-order valence-electron chi connectivity index (χ1n) is 13.3. The number of hydrogen-bond acceptors (Lipinski definition) is 8. The minimum absolute atomic E-state index is 0.501. The number of nitrogens with one attached hydrogen (secondary N) is 1. The topological polar surface area (TPSA) is 84.2 Å². The van der Waals surface area contributed by atoms with Crippen LogP contribution in [0.5, 0.6) is 5.75 Å². The standard InChI is InChI=1S/C28H33ClN8O/c1-19-7-8-31-20(15-19)17-37-26(34-25-27(32-18-33-28(25)37)35(2)21-3-4-21)23-6-5-22(16-24(23)29)38-14-13-36-11-9-30-10-12-36/h5-8,15-16,18,21,30H,3-4,9-14,17H2,1-2H3. The van der Waals surface area contributed by atoms with E-state index in [1.807, 2.05) is 30.5 Å². The van der Waals surface area contributed by atoms with Crippen molar-refractivity contribution in [1.82, 2.24) is 34.7 Å². The summed E-state index contributed by atoms with van der Waals surface area (Å²) in [7, 11) is 2.08. The minimum Gasteiger partial charge on any atom is -0.492 e. The highest BCUT2D eigenvalue weighted by molar-refractivity contribution is 6.33. The van der Waals surface area contributed by atoms with Gasteiger partial charge in [0.25, 0.3) is 0 Å². The van der Waals surface area contributed by atoms with E-state index in [1.54, 1.807) is 6.33 Å². The Morgan fingerprint density at radius 3 is 2.71 bits per heavy atom. The largest absolute Gasteiger partial charge is 0.492 e. The number of nitrogens with zero attached hydrogens (tertiary/aromatic N) is 7. The van der Waals surface area contributed by atoms with E-state index in [0.717, 1.165) is 78.1 Å². The lowest BCUT2D eigenvalue weighted by atomic mass is 10.2. The number of imidazole rings is 1. The normalized spacial score (nSPS) is 16.2. The maximum absolute atomic E-state index is 6.87. The number of hydrogen-bond donors (Lipinski definition) is 1. The lowest BCUT2D eigenvalue weighted by Gasteiger charge is -2.26. The van der Waals surface area contributed by atoms with Crippen LogP contribution in [-0.2, 0) is 6.54 Å². The molecular weight excluding hydrogens is 500 g/mol. The molecule has 0 spiro atoms. The summed E-state index contributed by atoms with van der Waals surface area (Å²) >= 11 is 6.87. The molecule has 0 radical (unpaired) electrons. The van der Waals surface area contributed by atoms with Crippen molar-refractivity contribution in [2.45, 2.75) is 32.4 Å². The molecule has 4 aromatic rings. The van der Waals surface area contributed by atoms with Crippen LogP contribution in [0.2, 0.25) is 5.02 Å². The van der Waals surface area contributed by atoms with Crippen molar-refractivity contribution in [1.29, 1.82) is 0 Å². The van der Waals surface area contributed by atoms with Crippen LogP contribution in [0.3, 0.4) is 0 Å². The summed E-state index contributed by atoms with van der Waals surface area (Å²) < 4.78 is 8.14. The highest BCUT2D eigenvalue weighted by atomic mass is 35.5. The van der Waals surface area contributed by atoms with Crippen molar-refractivity contribution >= 4 is 28.6 Å². The molecule has 0 bridgehead atoms. The van der Waals surface area contributed by atoms with Crippen LogP contribution >= 0.6 is 11.6 Å². The summed E-state index contributed by atoms with van der Waals surface area (Å²) in [6, 6.07) is 10.4. The van der Waals surface area contributed by atoms with Crippen LogP contribution in [0.1, 0.15) is 24.1 Å². The molecule has 3 aromatic heterocycles. The minimum atomic E-state index is 0.501. The number of rotatable bonds is 9. The zero-order valence-electron chi connectivity index (χ0n) is 21.9. The van der Waals surface area contributed by atoms with Crippen molar-refractivity contribution < 1.29 is 4.74 Å². The number of aryl methyl sites for hydroxylation is 1. The van der Waals surface area contributed by atoms with Crippen LogP contribution in [-0.4, -0.2) is 81.8 Å². The summed E-state index contributed by atoms with van der Waals surface area (Å²) in [4.78, 5) is 23.6. The van der Waals surface area contributed by atoms with Gasteiger partial charge in [-0.3, -0.25) is 9.88 Å². The molecule has 2 fully saturated rings. The van der Waals surface area contributed by atoms with E-state index in [4.69, 9.17) is 21.3 Å². The quantitative estimate of drug-likeness (QED) is 0.349. The maximum atomic E-state index is 6.87. The monoisotopic (exact) mass is 532 g/mol. The molecule has 1 saturated carbocycles. The van der Waals surface area contributed by atoms with E-state index in [2.05, 4.69) is 54.7 Å². The molecule has 0 atom stereocenters. The van der Waals surface area contributed by atoms with Gasteiger partial charge in [-0.1, -0.05) is 11.6 Å². The second kappa shape index (κ2) is 10.8. The fourth-order valence-corrected chi connectivity index (χ4v) is 5.27. The fourth-order valence-electron chi connectivity index (χ4n) is 5.01. The van der Waals surface area contributed by atoms with E-state index in [9.17, 15) is 0 Å². The van der Waals surface area contributed by atoms with E-state index >= 15 is 0 Å². The van der Waals surface area contributed by atoms with Gasteiger partial charge in [0, 0.05) is 57.6 Å². The van der Waals surface area contributed by atoms with Gasteiger partial charge in [-0.25, -0.2) is 15.0 Å². The summed E-state index contributed by atoms with van der Waals surface area (Å²) in [5, 5.41) is 3.97. The summed E-state index contributed by atoms with van der Waals surface area (Å²) in [5.74, 6) is 2.34. The van der Waals surface area contributed by atoms with Crippen molar-refractivity contribution in [3.63, 3.8) is 0 Å². The molecule has 1 aromatic carbocycles. The number of aromatic nitrogens is 5. The van der Waals surface area contributed by atoms with E-state index in [1.165, 1.54) is 12.8 Å². The number of piperazine rings is 1. The molecule has 1 aliphatic carbocycles. The van der Waals surface area contributed by atoms with Crippen LogP contribution in [0.15, 0.2) is 42.9 Å². The Balaban J connectivity index is 1.33. The first-order chi connectivity index (χ1) is 18.6. The second-order valence-corrected chi connectivity index (χ2v) is 10.5. The maximum Gasteiger partial charge on any atom is 0.166 e. The summed E-state index contributed by atoms with van der Waals surface area (Å²) in [5.41, 5.74) is 4.47. The van der Waals surface area contributed by atoms with Crippen LogP contribution in [0.4, 0.5) is 5.82 Å². The average Bonchev–Trinajstić information content (AvgIpc) is 3.71. The lowest BCUT2D eigenvalue weighted by molar-refractivity contribution is 0.191. The smallest absolute Gasteiger partial charge is 0.166 e. The van der Waals surface area contributed by atoms with Gasteiger partial charge in [0.2, 0.25) is 0 Å². The Kier molecular flexibility index (Phi) is 7.14. The Hall–Kier alpha value is -3.27. The number of halogens is 1. The van der Waals surface area contributed by atoms with Gasteiger partial charge in [-0.15, -0.1) is 0 Å². The molecule has 198 valence electrons. The highest BCUT2D eigenvalue weighted by Gasteiger charge is 2.30. The average molecular weight is 533 g/mol. The molecule has 1 aliphatic heterocycles. The molecule has 2 aliphatic rings. The molecular formula is C28H33ClN8O. The zero-order chi connectivity index (χ0) is 26.1. The van der Waals surface area contributed by atoms with Gasteiger partial charge < -0.3 is 19.5 Å². The van der Waals surface area contributed by atoms with Gasteiger partial charge in [-0.05, 0) is 55.7 Å². The number of fused-ring (bicyclic) bond motifs is 1. The number of benzene rings is 1. The summed E-state index contributed by atoms with van der Waals surface area (Å²) in [6.07, 6.45) is 5.80. The van der Waals surface area contributed by atoms with E-state index in [0.29, 0.717) is 24.2 Å². The van der Waals surface area contributed by atoms with Crippen molar-refractivity contribution in [2.24, 2.45) is 0 Å². The molecule has 9 nitrogen and oxygen atoms in total. The predicted octanol–water partition coefficient (Wildman–Crippen LogP) is 3.78. The third-order valence-corrected chi connectivity index (χ3v) is 7.61. The van der Waals surface area contributed by atoms with Crippen LogP contribution in [0.25, 0.3) is 22.6 Å². The first-order valence-corrected chi connectivity index (χ1v) is 13.7. The molecule has 0 unspecified atom stereocenters. The molecule has 4 heterocycles. The predicted molar refractivity (Wildman–Crippen MR) is 150 cm³/mol. The molecule has 1 saturated heterocycles. The Labute approximate surface area is 227 Å². The zero-order valence-corrected chi connectivity index (χ0v) is 22.7. The van der Waals surface area contributed by atoms with Gasteiger partial charge in [0.05, 0.1) is 17.3 Å². The highest BCUT2D eigenvalue weighted by Crippen LogP contribution is 2.37. The SMILES string of the molecule is Cc1ccnc(Cn2c(-c3ccc(OCCN4CCNCC4)cc3Cl)nc3c(N(C)C4CC4)ncnc32)c1. The van der Waals surface area contributed by atoms with Crippen molar-refractivity contribution in [2.75, 3.05) is 51.3 Å². The van der Waals surface area contributed by atoms with Gasteiger partial charge >= 0.3 is 0 Å². The van der Waals surface area contributed by atoms with E-state index in [-0.39, 0.29) is 0 Å². The number of ether oxygens (including phenoxy) is 1. The van der Waals surface area contributed by atoms with Gasteiger partial charge in [0.1, 0.15) is 24.5 Å². The molecule has 6 rings (SSSR count). The molecule has 38 heavy (non-hydrogen) atoms. The van der Waals surface area contributed by atoms with E-state index < -0.39 is 0 Å². The molecule has 10 heteroatoms. The second-order valence-electron chi connectivity index (χ2n) is 10.1. The van der Waals surface area contributed by atoms with Crippen LogP contribution in [0, 0.1) is 6.92 Å². The summed E-state index contributed by atoms with van der Waals surface area (Å²) in [6.45, 7) is 8.28. The third-order valence-electron chi connectivity index (χ3n) is 7.30. The molecule has 0 amide bonds. The first kappa shape index (κ1) is 25.0. The van der Waals surface area contributed by atoms with Crippen molar-refractivity contribution in [3.8, 4) is 17.1 Å². The third kappa shape index (κ3) is 5.32. The van der Waals surface area contributed by atoms with Gasteiger partial charge in [-0.2, -0.15) is 0 Å². The van der Waals surface area contributed by atoms with Crippen LogP contribution < -0.4 is 15.0 Å². The number of pyridine rings is 1.